The van der Waals surface area contributed by atoms with Crippen LogP contribution in [0.4, 0.5) is 4.39 Å². The molecule has 0 aromatic heterocycles. The van der Waals surface area contributed by atoms with Gasteiger partial charge in [0.05, 0.1) is 6.61 Å². The number of hydrogen-bond acceptors (Lipinski definition) is 5. The molecule has 0 amide bonds. The molecular weight excluding hydrogens is 333 g/mol. The molecule has 0 saturated carbocycles. The maximum Gasteiger partial charge on any atom is 0.414 e. The van der Waals surface area contributed by atoms with Crippen LogP contribution in [0.15, 0.2) is 24.3 Å². The van der Waals surface area contributed by atoms with Crippen LogP contribution < -0.4 is 0 Å². The maximum absolute atomic E-state index is 13.6. The number of Topliss-reactive ketones (excluding diaryl/α,β-unsaturated/α-hetero) is 1. The fourth-order valence-electron chi connectivity index (χ4n) is 2.41. The number of rotatable bonds is 4. The van der Waals surface area contributed by atoms with E-state index >= 15 is 0 Å². The van der Waals surface area contributed by atoms with E-state index in [4.69, 9.17) is 24.5 Å². The Morgan fingerprint density at radius 2 is 1.68 bits per heavy atom. The number of carbonyl (C=O) groups excluding carboxylic acids is 1. The molecule has 1 aliphatic rings. The highest BCUT2D eigenvalue weighted by Gasteiger charge is 2.39. The van der Waals surface area contributed by atoms with Gasteiger partial charge in [-0.15, -0.1) is 0 Å². The molecule has 2 rings (SSSR count). The van der Waals surface area contributed by atoms with E-state index in [0.29, 0.717) is 18.4 Å². The van der Waals surface area contributed by atoms with Crippen molar-refractivity contribution in [1.82, 2.24) is 4.90 Å². The van der Waals surface area contributed by atoms with E-state index in [2.05, 4.69) is 4.90 Å². The first-order chi connectivity index (χ1) is 11.7. The summed E-state index contributed by atoms with van der Waals surface area (Å²) in [6.07, 6.45) is 1.35. The SMILES string of the molecule is CC(=O)C1(OCc2ccccc2F)CCN(C)CC1.O=C(O)C(=O)O. The molecule has 0 unspecified atom stereocenters. The van der Waals surface area contributed by atoms with Gasteiger partial charge in [0.15, 0.2) is 5.78 Å². The molecule has 1 saturated heterocycles. The highest BCUT2D eigenvalue weighted by atomic mass is 19.1. The highest BCUT2D eigenvalue weighted by molar-refractivity contribution is 6.27. The number of hydrogen-bond donors (Lipinski definition) is 2. The van der Waals surface area contributed by atoms with Gasteiger partial charge < -0.3 is 19.8 Å². The number of carboxylic acid groups (broad SMARTS) is 2. The second kappa shape index (κ2) is 9.24. The van der Waals surface area contributed by atoms with Crippen molar-refractivity contribution in [3.63, 3.8) is 0 Å². The van der Waals surface area contributed by atoms with Crippen molar-refractivity contribution in [2.75, 3.05) is 20.1 Å². The number of carbonyl (C=O) groups is 3. The van der Waals surface area contributed by atoms with Crippen LogP contribution in [0.3, 0.4) is 0 Å². The van der Waals surface area contributed by atoms with Crippen LogP contribution in [-0.2, 0) is 25.7 Å². The summed E-state index contributed by atoms with van der Waals surface area (Å²) in [7, 11) is 2.03. The van der Waals surface area contributed by atoms with E-state index in [1.807, 2.05) is 7.05 Å². The monoisotopic (exact) mass is 355 g/mol. The van der Waals surface area contributed by atoms with Crippen molar-refractivity contribution in [1.29, 1.82) is 0 Å². The zero-order valence-corrected chi connectivity index (χ0v) is 14.2. The number of aliphatic carboxylic acids is 2. The quantitative estimate of drug-likeness (QED) is 0.790. The molecule has 1 aliphatic heterocycles. The molecule has 1 aromatic carbocycles. The van der Waals surface area contributed by atoms with Crippen LogP contribution >= 0.6 is 0 Å². The lowest BCUT2D eigenvalue weighted by atomic mass is 9.87. The van der Waals surface area contributed by atoms with E-state index < -0.39 is 17.5 Å². The van der Waals surface area contributed by atoms with E-state index in [9.17, 15) is 9.18 Å². The third-order valence-corrected chi connectivity index (χ3v) is 4.08. The largest absolute Gasteiger partial charge is 0.473 e. The number of ketones is 1. The van der Waals surface area contributed by atoms with Crippen LogP contribution in [0, 0.1) is 5.82 Å². The maximum atomic E-state index is 13.6. The first-order valence-corrected chi connectivity index (χ1v) is 7.71. The normalized spacial score (nSPS) is 16.4. The molecule has 0 bridgehead atoms. The highest BCUT2D eigenvalue weighted by Crippen LogP contribution is 2.28. The third-order valence-electron chi connectivity index (χ3n) is 4.08. The molecule has 1 fully saturated rings. The summed E-state index contributed by atoms with van der Waals surface area (Å²) in [5.41, 5.74) is -0.239. The van der Waals surface area contributed by atoms with Crippen molar-refractivity contribution in [2.45, 2.75) is 32.0 Å². The Hall–Kier alpha value is -2.32. The summed E-state index contributed by atoms with van der Waals surface area (Å²) in [5, 5.41) is 14.8. The first kappa shape index (κ1) is 20.7. The van der Waals surface area contributed by atoms with Crippen molar-refractivity contribution >= 4 is 17.7 Å². The summed E-state index contributed by atoms with van der Waals surface area (Å²) >= 11 is 0. The minimum absolute atomic E-state index is 0.0388. The third kappa shape index (κ3) is 6.24. The molecule has 0 aliphatic carbocycles. The van der Waals surface area contributed by atoms with Gasteiger partial charge in [0.2, 0.25) is 0 Å². The van der Waals surface area contributed by atoms with E-state index in [-0.39, 0.29) is 18.2 Å². The Morgan fingerprint density at radius 3 is 2.12 bits per heavy atom. The van der Waals surface area contributed by atoms with Crippen molar-refractivity contribution in [3.05, 3.63) is 35.6 Å². The molecule has 0 spiro atoms. The zero-order chi connectivity index (χ0) is 19.0. The molecule has 2 N–H and O–H groups in total. The Bertz CT molecular complexity index is 613. The number of carboxylic acids is 2. The summed E-state index contributed by atoms with van der Waals surface area (Å²) in [6.45, 7) is 3.37. The number of ether oxygens (including phenoxy) is 1. The minimum Gasteiger partial charge on any atom is -0.473 e. The van der Waals surface area contributed by atoms with E-state index in [1.165, 1.54) is 6.07 Å². The Kier molecular flexibility index (Phi) is 7.66. The molecule has 25 heavy (non-hydrogen) atoms. The average molecular weight is 355 g/mol. The molecular formula is C17H22FNO6. The van der Waals surface area contributed by atoms with Gasteiger partial charge in [-0.05, 0) is 32.9 Å². The second-order valence-corrected chi connectivity index (χ2v) is 5.84. The zero-order valence-electron chi connectivity index (χ0n) is 14.2. The van der Waals surface area contributed by atoms with Crippen LogP contribution in [-0.4, -0.2) is 58.6 Å². The Labute approximate surface area is 145 Å². The lowest BCUT2D eigenvalue weighted by Gasteiger charge is -2.38. The predicted octanol–water partition coefficient (Wildman–Crippen LogP) is 1.55. The van der Waals surface area contributed by atoms with E-state index in [1.54, 1.807) is 25.1 Å². The van der Waals surface area contributed by atoms with Gasteiger partial charge in [-0.1, -0.05) is 18.2 Å². The summed E-state index contributed by atoms with van der Waals surface area (Å²) in [4.78, 5) is 32.3. The lowest BCUT2D eigenvalue weighted by Crippen LogP contribution is -2.49. The predicted molar refractivity (Wildman–Crippen MR) is 86.6 cm³/mol. The van der Waals surface area contributed by atoms with Crippen LogP contribution in [0.5, 0.6) is 0 Å². The van der Waals surface area contributed by atoms with E-state index in [0.717, 1.165) is 13.1 Å². The fraction of sp³-hybridized carbons (Fsp3) is 0.471. The smallest absolute Gasteiger partial charge is 0.414 e. The number of piperidine rings is 1. The second-order valence-electron chi connectivity index (χ2n) is 5.84. The lowest BCUT2D eigenvalue weighted by molar-refractivity contribution is -0.159. The van der Waals surface area contributed by atoms with Gasteiger partial charge in [0.1, 0.15) is 11.4 Å². The fourth-order valence-corrected chi connectivity index (χ4v) is 2.41. The van der Waals surface area contributed by atoms with Gasteiger partial charge >= 0.3 is 11.9 Å². The molecule has 1 aromatic rings. The first-order valence-electron chi connectivity index (χ1n) is 7.71. The summed E-state index contributed by atoms with van der Waals surface area (Å²) in [5.74, 6) is -3.89. The molecule has 0 atom stereocenters. The van der Waals surface area contributed by atoms with Crippen molar-refractivity contribution < 1.29 is 33.7 Å². The number of likely N-dealkylation sites (tertiary alicyclic amines) is 1. The van der Waals surface area contributed by atoms with Gasteiger partial charge in [0, 0.05) is 18.7 Å². The van der Waals surface area contributed by atoms with Gasteiger partial charge in [-0.3, -0.25) is 4.79 Å². The van der Waals surface area contributed by atoms with Gasteiger partial charge in [-0.25, -0.2) is 14.0 Å². The van der Waals surface area contributed by atoms with Crippen LogP contribution in [0.2, 0.25) is 0 Å². The standard InChI is InChI=1S/C15H20FNO2.C2H2O4/c1-12(18)15(7-9-17(2)10-8-15)19-11-13-5-3-4-6-14(13)16;3-1(4)2(5)6/h3-6H,7-11H2,1-2H3;(H,3,4)(H,5,6). The topological polar surface area (TPSA) is 104 Å². The molecule has 138 valence electrons. The number of benzene rings is 1. The molecule has 1 heterocycles. The van der Waals surface area contributed by atoms with Gasteiger partial charge in [0.25, 0.3) is 0 Å². The summed E-state index contributed by atoms with van der Waals surface area (Å²) in [6, 6.07) is 6.53. The summed E-state index contributed by atoms with van der Waals surface area (Å²) < 4.78 is 19.4. The van der Waals surface area contributed by atoms with Gasteiger partial charge in [-0.2, -0.15) is 0 Å². The molecule has 7 nitrogen and oxygen atoms in total. The number of nitrogens with zero attached hydrogens (tertiary/aromatic N) is 1. The Morgan fingerprint density at radius 1 is 1.16 bits per heavy atom. The van der Waals surface area contributed by atoms with Crippen molar-refractivity contribution in [3.8, 4) is 0 Å². The van der Waals surface area contributed by atoms with Crippen LogP contribution in [0.1, 0.15) is 25.3 Å². The molecule has 0 radical (unpaired) electrons. The number of halogens is 1. The molecule has 8 heteroatoms. The Balaban J connectivity index is 0.000000450. The minimum atomic E-state index is -1.82. The van der Waals surface area contributed by atoms with Crippen molar-refractivity contribution in [2.24, 2.45) is 0 Å². The average Bonchev–Trinajstić information content (AvgIpc) is 2.56. The van der Waals surface area contributed by atoms with Crippen LogP contribution in [0.25, 0.3) is 0 Å².